The highest BCUT2D eigenvalue weighted by Crippen LogP contribution is 2.27. The first kappa shape index (κ1) is 46.0. The van der Waals surface area contributed by atoms with E-state index in [0.29, 0.717) is 37.7 Å². The van der Waals surface area contributed by atoms with Crippen LogP contribution < -0.4 is 37.1 Å². The minimum absolute atomic E-state index is 0.0132. The average Bonchev–Trinajstić information content (AvgIpc) is 3.59. The molecule has 0 aliphatic rings. The number of amides is 4. The van der Waals surface area contributed by atoms with Crippen molar-refractivity contribution < 1.29 is 43.3 Å². The fraction of sp³-hybridized carbons (Fsp3) is 0.559. The highest BCUT2D eigenvalue weighted by atomic mass is 16.5. The van der Waals surface area contributed by atoms with Crippen LogP contribution >= 0.6 is 0 Å². The van der Waals surface area contributed by atoms with E-state index in [1.165, 1.54) is 12.5 Å². The number of esters is 1. The number of imidazole rings is 1. The molecule has 2 unspecified atom stereocenters. The Hall–Kier alpha value is -5.03. The lowest BCUT2D eigenvalue weighted by molar-refractivity contribution is -0.148. The zero-order valence-corrected chi connectivity index (χ0v) is 30.7. The summed E-state index contributed by atoms with van der Waals surface area (Å²) < 4.78 is 10.5. The molecule has 2 rings (SSSR count). The Bertz CT molecular complexity index is 1340. The molecule has 1 heterocycles. The second-order valence-corrected chi connectivity index (χ2v) is 11.8. The maximum Gasteiger partial charge on any atom is 0.341 e. The minimum Gasteiger partial charge on any atom is -0.480 e. The molecular formula is C34H56N8O9. The number of urea groups is 1. The first-order valence-electron chi connectivity index (χ1n) is 16.8. The van der Waals surface area contributed by atoms with Gasteiger partial charge in [-0.25, -0.2) is 14.6 Å². The van der Waals surface area contributed by atoms with E-state index >= 15 is 0 Å². The Balaban J connectivity index is 0.00000105. The lowest BCUT2D eigenvalue weighted by Gasteiger charge is -2.19. The predicted octanol–water partition coefficient (Wildman–Crippen LogP) is 1.87. The van der Waals surface area contributed by atoms with Gasteiger partial charge < -0.3 is 56.7 Å². The molecule has 286 valence electrons. The molecule has 2 aromatic rings. The van der Waals surface area contributed by atoms with Gasteiger partial charge in [-0.05, 0) is 37.6 Å². The molecule has 0 saturated heterocycles. The topological polar surface area (TPSA) is 256 Å². The second kappa shape index (κ2) is 26.8. The Morgan fingerprint density at radius 3 is 2.25 bits per heavy atom. The van der Waals surface area contributed by atoms with Crippen LogP contribution in [0.3, 0.4) is 0 Å². The normalized spacial score (nSPS) is 11.5. The fourth-order valence-corrected chi connectivity index (χ4v) is 4.00. The smallest absolute Gasteiger partial charge is 0.341 e. The number of carbonyl (C=O) groups is 6. The predicted molar refractivity (Wildman–Crippen MR) is 192 cm³/mol. The molecule has 1 aromatic carbocycles. The van der Waals surface area contributed by atoms with Gasteiger partial charge in [0.25, 0.3) is 0 Å². The standard InChI is InChI=1S/C20H30N4O7.C11H18N4O2.C3H8/c1-12(2)19(28)31-10-13-6-7-14(16(9-13)30-11-17(25)26)24-18(27)15(22-3)5-4-8-23-20(21)29;1-8(2)15-10(11(17)13-3-4-16)5-9-6-12-7-14-9;1-3-2/h6-7,9,12,15,22H,4-5,8,10-11H2,1-3H3,(H,24,27)(H,25,26)(H3,21,23,29);4,6-8,10,15H,3,5H2,1-2H3,(H,12,14)(H,13,17);3H2,1-2H3. The van der Waals surface area contributed by atoms with Gasteiger partial charge in [0.2, 0.25) is 11.8 Å². The number of nitrogens with zero attached hydrogens (tertiary/aromatic N) is 1. The third-order valence-electron chi connectivity index (χ3n) is 6.33. The van der Waals surface area contributed by atoms with Gasteiger partial charge in [0.1, 0.15) is 18.6 Å². The number of anilines is 1. The summed E-state index contributed by atoms with van der Waals surface area (Å²) >= 11 is 0. The number of H-pyrrole nitrogens is 1. The van der Waals surface area contributed by atoms with Gasteiger partial charge in [0, 0.05) is 30.9 Å². The van der Waals surface area contributed by atoms with E-state index in [2.05, 4.69) is 50.4 Å². The molecular weight excluding hydrogens is 664 g/mol. The van der Waals surface area contributed by atoms with Crippen molar-refractivity contribution in [1.29, 1.82) is 0 Å². The number of aromatic nitrogens is 2. The molecule has 51 heavy (non-hydrogen) atoms. The van der Waals surface area contributed by atoms with Crippen LogP contribution in [0.15, 0.2) is 30.7 Å². The summed E-state index contributed by atoms with van der Waals surface area (Å²) in [6.45, 7) is 11.4. The molecule has 17 nitrogen and oxygen atoms in total. The van der Waals surface area contributed by atoms with Gasteiger partial charge in [0.15, 0.2) is 6.61 Å². The molecule has 0 saturated carbocycles. The molecule has 17 heteroatoms. The molecule has 0 aliphatic carbocycles. The van der Waals surface area contributed by atoms with Crippen molar-refractivity contribution in [3.05, 3.63) is 42.0 Å². The van der Waals surface area contributed by atoms with E-state index in [9.17, 15) is 28.8 Å². The van der Waals surface area contributed by atoms with E-state index in [1.54, 1.807) is 45.6 Å². The lowest BCUT2D eigenvalue weighted by Crippen LogP contribution is -2.48. The van der Waals surface area contributed by atoms with Crippen LogP contribution in [-0.4, -0.2) is 96.0 Å². The molecule has 0 aliphatic heterocycles. The monoisotopic (exact) mass is 720 g/mol. The number of carboxylic acids is 1. The van der Waals surface area contributed by atoms with Crippen molar-refractivity contribution in [3.63, 3.8) is 0 Å². The zero-order valence-electron chi connectivity index (χ0n) is 30.7. The van der Waals surface area contributed by atoms with E-state index in [4.69, 9.17) is 20.3 Å². The molecule has 9 N–H and O–H groups in total. The number of nitrogens with one attached hydrogen (secondary N) is 6. The second-order valence-electron chi connectivity index (χ2n) is 11.8. The first-order chi connectivity index (χ1) is 24.2. The van der Waals surface area contributed by atoms with Crippen LogP contribution in [0, 0.1) is 5.92 Å². The molecule has 0 fully saturated rings. The van der Waals surface area contributed by atoms with Crippen molar-refractivity contribution in [1.82, 2.24) is 31.2 Å². The quantitative estimate of drug-likeness (QED) is 0.0554. The van der Waals surface area contributed by atoms with Crippen LogP contribution in [0.4, 0.5) is 10.5 Å². The Morgan fingerprint density at radius 1 is 1.04 bits per heavy atom. The van der Waals surface area contributed by atoms with Crippen molar-refractivity contribution in [2.45, 2.75) is 92.0 Å². The number of hydrogen-bond donors (Lipinski definition) is 8. The van der Waals surface area contributed by atoms with Crippen molar-refractivity contribution in [2.75, 3.05) is 32.1 Å². The van der Waals surface area contributed by atoms with Gasteiger partial charge in [-0.15, -0.1) is 0 Å². The maximum atomic E-state index is 12.6. The summed E-state index contributed by atoms with van der Waals surface area (Å²) in [6, 6.07) is 3.33. The van der Waals surface area contributed by atoms with Crippen molar-refractivity contribution >= 4 is 41.8 Å². The van der Waals surface area contributed by atoms with Crippen molar-refractivity contribution in [2.24, 2.45) is 11.7 Å². The van der Waals surface area contributed by atoms with Gasteiger partial charge in [-0.2, -0.15) is 0 Å². The molecule has 2 atom stereocenters. The van der Waals surface area contributed by atoms with E-state index in [0.717, 1.165) is 5.69 Å². The van der Waals surface area contributed by atoms with Crippen LogP contribution in [0.1, 0.15) is 72.1 Å². The molecule has 0 bridgehead atoms. The summed E-state index contributed by atoms with van der Waals surface area (Å²) in [4.78, 5) is 74.8. The molecule has 1 aromatic heterocycles. The number of hydrogen-bond acceptors (Lipinski definition) is 11. The van der Waals surface area contributed by atoms with E-state index < -0.39 is 24.6 Å². The van der Waals surface area contributed by atoms with Gasteiger partial charge in [0.05, 0.1) is 36.6 Å². The Labute approximate surface area is 299 Å². The van der Waals surface area contributed by atoms with Crippen LogP contribution in [0.5, 0.6) is 5.75 Å². The first-order valence-corrected chi connectivity index (χ1v) is 16.8. The van der Waals surface area contributed by atoms with Crippen molar-refractivity contribution in [3.8, 4) is 5.75 Å². The third-order valence-corrected chi connectivity index (χ3v) is 6.33. The molecule has 0 spiro atoms. The van der Waals surface area contributed by atoms with Crippen LogP contribution in [0.2, 0.25) is 0 Å². The van der Waals surface area contributed by atoms with Gasteiger partial charge in [-0.3, -0.25) is 14.4 Å². The van der Waals surface area contributed by atoms with E-state index in [1.807, 2.05) is 13.8 Å². The summed E-state index contributed by atoms with van der Waals surface area (Å²) in [5.41, 5.74) is 6.74. The number of primary amides is 1. The highest BCUT2D eigenvalue weighted by Gasteiger charge is 2.20. The SMILES string of the molecule is CC(C)NC(Cc1cnc[nH]1)C(=O)NCC=O.CCC.CNC(CCCNC(N)=O)C(=O)Nc1ccc(COC(=O)C(C)C)cc1OCC(=O)O. The van der Waals surface area contributed by atoms with Crippen LogP contribution in [-0.2, 0) is 41.7 Å². The number of likely N-dealkylation sites (N-methyl/N-ethyl adjacent to an activating group) is 1. The number of ether oxygens (including phenoxy) is 2. The Kier molecular flexibility index (Phi) is 24.1. The average molecular weight is 721 g/mol. The number of nitrogens with two attached hydrogens (primary N) is 1. The summed E-state index contributed by atoms with van der Waals surface area (Å²) in [5.74, 6) is -2.23. The molecule has 4 amide bonds. The van der Waals surface area contributed by atoms with Gasteiger partial charge >= 0.3 is 18.0 Å². The largest absolute Gasteiger partial charge is 0.480 e. The fourth-order valence-electron chi connectivity index (χ4n) is 4.00. The number of benzene rings is 1. The van der Waals surface area contributed by atoms with Crippen LogP contribution in [0.25, 0.3) is 0 Å². The highest BCUT2D eigenvalue weighted by molar-refractivity contribution is 5.96. The number of rotatable bonds is 20. The summed E-state index contributed by atoms with van der Waals surface area (Å²) in [7, 11) is 1.62. The lowest BCUT2D eigenvalue weighted by atomic mass is 10.1. The number of aldehydes is 1. The number of aromatic amines is 1. The molecule has 0 radical (unpaired) electrons. The third kappa shape index (κ3) is 21.6. The zero-order chi connectivity index (χ0) is 38.8. The van der Waals surface area contributed by atoms with E-state index in [-0.39, 0.29) is 60.4 Å². The van der Waals surface area contributed by atoms with Gasteiger partial charge in [-0.1, -0.05) is 54.0 Å². The summed E-state index contributed by atoms with van der Waals surface area (Å²) in [5, 5.41) is 22.7. The maximum absolute atomic E-state index is 12.6. The Morgan fingerprint density at radius 2 is 1.73 bits per heavy atom. The summed E-state index contributed by atoms with van der Waals surface area (Å²) in [6.07, 6.45) is 6.64. The number of aliphatic carboxylic acids is 1. The number of carboxylic acid groups (broad SMARTS) is 1. The number of carbonyl (C=O) groups excluding carboxylic acids is 5. The minimum atomic E-state index is -1.18.